The second kappa shape index (κ2) is 5.10. The van der Waals surface area contributed by atoms with Crippen LogP contribution in [0.1, 0.15) is 5.56 Å². The van der Waals surface area contributed by atoms with Gasteiger partial charge in [-0.25, -0.2) is 4.18 Å². The highest BCUT2D eigenvalue weighted by Gasteiger charge is 1.89. The SMILES string of the molecule is CSN(P)N=Cc1ccc(O)cc1. The summed E-state index contributed by atoms with van der Waals surface area (Å²) >= 11 is 1.50. The minimum Gasteiger partial charge on any atom is -0.508 e. The van der Waals surface area contributed by atoms with Crippen LogP contribution in [0.3, 0.4) is 0 Å². The Hall–Kier alpha value is -0.730. The Morgan fingerprint density at radius 2 is 2.08 bits per heavy atom. The molecule has 1 unspecified atom stereocenters. The third-order valence-corrected chi connectivity index (χ3v) is 2.63. The molecule has 13 heavy (non-hydrogen) atoms. The van der Waals surface area contributed by atoms with Gasteiger partial charge in [0.15, 0.2) is 0 Å². The van der Waals surface area contributed by atoms with Crippen molar-refractivity contribution in [2.75, 3.05) is 6.26 Å². The third-order valence-electron chi connectivity index (χ3n) is 1.40. The van der Waals surface area contributed by atoms with Gasteiger partial charge in [0, 0.05) is 6.26 Å². The number of benzene rings is 1. The van der Waals surface area contributed by atoms with E-state index >= 15 is 0 Å². The number of hydrogen-bond acceptors (Lipinski definition) is 4. The Kier molecular flexibility index (Phi) is 4.06. The minimum absolute atomic E-state index is 0.268. The molecule has 0 fully saturated rings. The van der Waals surface area contributed by atoms with Crippen molar-refractivity contribution < 1.29 is 5.11 Å². The van der Waals surface area contributed by atoms with E-state index < -0.39 is 0 Å². The van der Waals surface area contributed by atoms with Gasteiger partial charge in [0.05, 0.1) is 6.21 Å². The Morgan fingerprint density at radius 1 is 1.46 bits per heavy atom. The maximum atomic E-state index is 9.02. The number of phenols is 1. The summed E-state index contributed by atoms with van der Waals surface area (Å²) in [5.74, 6) is 0.268. The van der Waals surface area contributed by atoms with Crippen molar-refractivity contribution in [3.8, 4) is 5.75 Å². The Balaban J connectivity index is 2.64. The van der Waals surface area contributed by atoms with Crippen molar-refractivity contribution in [3.63, 3.8) is 0 Å². The van der Waals surface area contributed by atoms with Crippen LogP contribution in [-0.4, -0.2) is 21.8 Å². The zero-order valence-corrected chi connectivity index (χ0v) is 9.19. The van der Waals surface area contributed by atoms with Crippen LogP contribution < -0.4 is 0 Å². The summed E-state index contributed by atoms with van der Waals surface area (Å²) in [6.45, 7) is 0. The van der Waals surface area contributed by atoms with E-state index in [9.17, 15) is 0 Å². The molecule has 5 heteroatoms. The lowest BCUT2D eigenvalue weighted by Crippen LogP contribution is -1.89. The Labute approximate surface area is 84.2 Å². The van der Waals surface area contributed by atoms with E-state index in [4.69, 9.17) is 5.11 Å². The van der Waals surface area contributed by atoms with Crippen molar-refractivity contribution >= 4 is 27.6 Å². The van der Waals surface area contributed by atoms with E-state index in [1.807, 2.05) is 6.26 Å². The van der Waals surface area contributed by atoms with Crippen LogP contribution in [-0.2, 0) is 0 Å². The molecule has 1 rings (SSSR count). The fourth-order valence-corrected chi connectivity index (χ4v) is 0.939. The van der Waals surface area contributed by atoms with Crippen LogP contribution in [0.4, 0.5) is 0 Å². The molecule has 0 radical (unpaired) electrons. The van der Waals surface area contributed by atoms with Gasteiger partial charge in [-0.05, 0) is 51.2 Å². The highest BCUT2D eigenvalue weighted by Crippen LogP contribution is 2.12. The van der Waals surface area contributed by atoms with Crippen LogP contribution >= 0.6 is 21.3 Å². The summed E-state index contributed by atoms with van der Waals surface area (Å²) in [6, 6.07) is 6.87. The summed E-state index contributed by atoms with van der Waals surface area (Å²) in [5, 5.41) is 13.1. The zero-order valence-electron chi connectivity index (χ0n) is 7.21. The molecule has 0 aliphatic rings. The molecule has 0 aliphatic heterocycles. The Morgan fingerprint density at radius 3 is 2.62 bits per heavy atom. The van der Waals surface area contributed by atoms with E-state index in [1.165, 1.54) is 11.9 Å². The van der Waals surface area contributed by atoms with Gasteiger partial charge in [-0.1, -0.05) is 0 Å². The lowest BCUT2D eigenvalue weighted by Gasteiger charge is -2.05. The molecule has 0 bridgehead atoms. The molecule has 70 valence electrons. The first-order valence-corrected chi connectivity index (χ1v) is 5.34. The summed E-state index contributed by atoms with van der Waals surface area (Å²) in [4.78, 5) is 0. The maximum absolute atomic E-state index is 9.02. The number of aromatic hydroxyl groups is 1. The van der Waals surface area contributed by atoms with Gasteiger partial charge in [-0.2, -0.15) is 5.10 Å². The molecule has 1 atom stereocenters. The zero-order chi connectivity index (χ0) is 9.68. The van der Waals surface area contributed by atoms with Gasteiger partial charge in [-0.15, -0.1) is 0 Å². The van der Waals surface area contributed by atoms with Crippen LogP contribution in [0.2, 0.25) is 0 Å². The molecule has 1 N–H and O–H groups in total. The number of hydrazone groups is 1. The summed E-state index contributed by atoms with van der Waals surface area (Å²) < 4.78 is 1.67. The fraction of sp³-hybridized carbons (Fsp3) is 0.125. The van der Waals surface area contributed by atoms with Gasteiger partial charge in [-0.3, -0.25) is 0 Å². The predicted molar refractivity (Wildman–Crippen MR) is 60.8 cm³/mol. The normalized spacial score (nSPS) is 10.6. The first-order valence-electron chi connectivity index (χ1n) is 3.64. The molecule has 0 spiro atoms. The summed E-state index contributed by atoms with van der Waals surface area (Å²) in [7, 11) is 2.46. The smallest absolute Gasteiger partial charge is 0.115 e. The van der Waals surface area contributed by atoms with Crippen molar-refractivity contribution in [1.82, 2.24) is 4.18 Å². The van der Waals surface area contributed by atoms with E-state index in [-0.39, 0.29) is 5.75 Å². The number of phenolic OH excluding ortho intramolecular Hbond substituents is 1. The van der Waals surface area contributed by atoms with Gasteiger partial charge in [0.25, 0.3) is 0 Å². The van der Waals surface area contributed by atoms with Crippen molar-refractivity contribution in [1.29, 1.82) is 0 Å². The summed E-state index contributed by atoms with van der Waals surface area (Å²) in [5.41, 5.74) is 0.958. The van der Waals surface area contributed by atoms with Crippen LogP contribution in [0, 0.1) is 0 Å². The van der Waals surface area contributed by atoms with E-state index in [2.05, 4.69) is 14.5 Å². The predicted octanol–water partition coefficient (Wildman–Crippen LogP) is 2.10. The van der Waals surface area contributed by atoms with Crippen LogP contribution in [0.5, 0.6) is 5.75 Å². The average molecular weight is 214 g/mol. The average Bonchev–Trinajstić information content (AvgIpc) is 2.16. The molecule has 0 aromatic heterocycles. The van der Waals surface area contributed by atoms with E-state index in [0.717, 1.165) is 5.56 Å². The third kappa shape index (κ3) is 3.66. The van der Waals surface area contributed by atoms with Crippen molar-refractivity contribution in [2.24, 2.45) is 5.10 Å². The molecule has 0 saturated carbocycles. The van der Waals surface area contributed by atoms with Gasteiger partial charge < -0.3 is 5.11 Å². The molecule has 0 aliphatic carbocycles. The Bertz CT molecular complexity index is 289. The van der Waals surface area contributed by atoms with E-state index in [1.54, 1.807) is 34.7 Å². The first kappa shape index (κ1) is 10.4. The molecule has 1 aromatic carbocycles. The lowest BCUT2D eigenvalue weighted by atomic mass is 10.2. The van der Waals surface area contributed by atoms with Crippen LogP contribution in [0.25, 0.3) is 0 Å². The molecule has 0 saturated heterocycles. The maximum Gasteiger partial charge on any atom is 0.115 e. The minimum atomic E-state index is 0.268. The first-order chi connectivity index (χ1) is 6.22. The lowest BCUT2D eigenvalue weighted by molar-refractivity contribution is 0.475. The number of nitrogens with zero attached hydrogens (tertiary/aromatic N) is 2. The molecule has 3 nitrogen and oxygen atoms in total. The molecule has 1 aromatic rings. The topological polar surface area (TPSA) is 35.8 Å². The molecular formula is C8H11N2OPS. The standard InChI is InChI=1S/C8H11N2OPS/c1-13-10(12)9-6-7-2-4-8(11)5-3-7/h2-6,11H,12H2,1H3. The monoisotopic (exact) mass is 214 g/mol. The highest BCUT2D eigenvalue weighted by atomic mass is 32.2. The highest BCUT2D eigenvalue weighted by molar-refractivity contribution is 7.98. The number of hydrogen-bond donors (Lipinski definition) is 1. The molecule has 0 amide bonds. The quantitative estimate of drug-likeness (QED) is 0.362. The van der Waals surface area contributed by atoms with Gasteiger partial charge in [0.2, 0.25) is 0 Å². The van der Waals surface area contributed by atoms with Gasteiger partial charge >= 0.3 is 0 Å². The fourth-order valence-electron chi connectivity index (χ4n) is 0.731. The summed E-state index contributed by atoms with van der Waals surface area (Å²) in [6.07, 6.45) is 3.66. The van der Waals surface area contributed by atoms with Gasteiger partial charge in [0.1, 0.15) is 5.75 Å². The largest absolute Gasteiger partial charge is 0.508 e. The van der Waals surface area contributed by atoms with Crippen LogP contribution in [0.15, 0.2) is 29.4 Å². The second-order valence-corrected chi connectivity index (χ2v) is 3.92. The van der Waals surface area contributed by atoms with E-state index in [0.29, 0.717) is 0 Å². The second-order valence-electron chi connectivity index (χ2n) is 2.32. The molecular weight excluding hydrogens is 203 g/mol. The number of rotatable bonds is 3. The molecule has 0 heterocycles. The van der Waals surface area contributed by atoms with Crippen molar-refractivity contribution in [2.45, 2.75) is 0 Å². The van der Waals surface area contributed by atoms with Crippen molar-refractivity contribution in [3.05, 3.63) is 29.8 Å².